The maximum Gasteiger partial charge on any atom is 0.305 e. The summed E-state index contributed by atoms with van der Waals surface area (Å²) in [6.45, 7) is 4.79. The zero-order valence-corrected chi connectivity index (χ0v) is 27.0. The third-order valence-electron chi connectivity index (χ3n) is 8.25. The Kier molecular flexibility index (Phi) is 12.4. The molecule has 4 rings (SSSR count). The van der Waals surface area contributed by atoms with E-state index < -0.39 is 0 Å². The minimum atomic E-state index is -0.351. The Morgan fingerprint density at radius 2 is 1.50 bits per heavy atom. The summed E-state index contributed by atoms with van der Waals surface area (Å²) < 4.78 is 46.7. The number of hydrogen-bond donors (Lipinski definition) is 0. The number of aromatic nitrogens is 1. The van der Waals surface area contributed by atoms with Gasteiger partial charge in [0.15, 0.2) is 0 Å². The second-order valence-corrected chi connectivity index (χ2v) is 11.2. The van der Waals surface area contributed by atoms with Gasteiger partial charge in [0.25, 0.3) is 0 Å². The number of unbranched alkanes of at least 4 members (excludes halogenated alkanes) is 1. The second kappa shape index (κ2) is 16.6. The number of rotatable bonds is 14. The standard InChI is InChI=1S/C38H41F2NO5/c1-26-29(11-7-13-33(26)39)10-5-6-25-46-31-21-17-28(18-22-31)16-19-30-20-23-34(40)37-32(12-8-14-35(42)44-3)27(2)41(38(30)37)24-9-15-36(43)45-4/h7,11,13,17-18,20-23H,5-6,8-10,12,14-15,24-25H2,1-4H3. The van der Waals surface area contributed by atoms with Gasteiger partial charge in [-0.15, -0.1) is 0 Å². The molecule has 4 aromatic rings. The summed E-state index contributed by atoms with van der Waals surface area (Å²) in [5.41, 5.74) is 5.57. The van der Waals surface area contributed by atoms with Crippen LogP contribution >= 0.6 is 0 Å². The van der Waals surface area contributed by atoms with E-state index in [1.807, 2.05) is 48.7 Å². The molecule has 242 valence electrons. The van der Waals surface area contributed by atoms with Crippen molar-refractivity contribution in [3.8, 4) is 17.6 Å². The number of esters is 2. The molecule has 0 spiro atoms. The quantitative estimate of drug-likeness (QED) is 0.0810. The molecule has 8 heteroatoms. The molecule has 1 aromatic heterocycles. The molecule has 6 nitrogen and oxygen atoms in total. The molecule has 0 aliphatic rings. The minimum Gasteiger partial charge on any atom is -0.494 e. The predicted octanol–water partition coefficient (Wildman–Crippen LogP) is 7.79. The van der Waals surface area contributed by atoms with Crippen molar-refractivity contribution in [3.63, 3.8) is 0 Å². The minimum absolute atomic E-state index is 0.169. The summed E-state index contributed by atoms with van der Waals surface area (Å²) >= 11 is 0. The third-order valence-corrected chi connectivity index (χ3v) is 8.25. The first-order chi connectivity index (χ1) is 22.2. The monoisotopic (exact) mass is 629 g/mol. The van der Waals surface area contributed by atoms with Crippen molar-refractivity contribution in [2.75, 3.05) is 20.8 Å². The molecule has 1 heterocycles. The van der Waals surface area contributed by atoms with Crippen molar-refractivity contribution >= 4 is 22.8 Å². The van der Waals surface area contributed by atoms with E-state index in [-0.39, 0.29) is 36.4 Å². The highest BCUT2D eigenvalue weighted by Crippen LogP contribution is 2.32. The van der Waals surface area contributed by atoms with Crippen LogP contribution in [0.15, 0.2) is 54.6 Å². The molecule has 0 fully saturated rings. The van der Waals surface area contributed by atoms with Crippen LogP contribution in [-0.4, -0.2) is 37.3 Å². The Morgan fingerprint density at radius 1 is 0.783 bits per heavy atom. The Bertz CT molecular complexity index is 1730. The van der Waals surface area contributed by atoms with E-state index >= 15 is 4.39 Å². The lowest BCUT2D eigenvalue weighted by atomic mass is 10.0. The lowest BCUT2D eigenvalue weighted by molar-refractivity contribution is -0.141. The van der Waals surface area contributed by atoms with E-state index in [2.05, 4.69) is 11.8 Å². The summed E-state index contributed by atoms with van der Waals surface area (Å²) in [6, 6.07) is 15.8. The number of hydrogen-bond acceptors (Lipinski definition) is 5. The van der Waals surface area contributed by atoms with Crippen LogP contribution in [-0.2, 0) is 38.4 Å². The van der Waals surface area contributed by atoms with E-state index in [4.69, 9.17) is 14.2 Å². The van der Waals surface area contributed by atoms with Crippen molar-refractivity contribution < 1.29 is 32.6 Å². The summed E-state index contributed by atoms with van der Waals surface area (Å²) in [4.78, 5) is 23.5. The number of ether oxygens (including phenoxy) is 3. The number of fused-ring (bicyclic) bond motifs is 1. The molecule has 0 bridgehead atoms. The van der Waals surface area contributed by atoms with E-state index in [9.17, 15) is 14.0 Å². The molecule has 0 radical (unpaired) electrons. The summed E-state index contributed by atoms with van der Waals surface area (Å²) in [6.07, 6.45) is 4.57. The summed E-state index contributed by atoms with van der Waals surface area (Å²) in [7, 11) is 2.71. The number of methoxy groups -OCH3 is 2. The molecule has 0 N–H and O–H groups in total. The van der Waals surface area contributed by atoms with Gasteiger partial charge in [0.1, 0.15) is 17.4 Å². The molecule has 0 saturated heterocycles. The van der Waals surface area contributed by atoms with Crippen molar-refractivity contribution in [2.24, 2.45) is 0 Å². The fourth-order valence-electron chi connectivity index (χ4n) is 5.63. The average Bonchev–Trinajstić information content (AvgIpc) is 3.34. The lowest BCUT2D eigenvalue weighted by Gasteiger charge is -2.10. The number of nitrogens with zero attached hydrogens (tertiary/aromatic N) is 1. The van der Waals surface area contributed by atoms with E-state index in [1.165, 1.54) is 26.4 Å². The fraction of sp³-hybridized carbons (Fsp3) is 0.368. The molecule has 0 aliphatic carbocycles. The fourth-order valence-corrected chi connectivity index (χ4v) is 5.63. The van der Waals surface area contributed by atoms with Crippen LogP contribution in [0.2, 0.25) is 0 Å². The van der Waals surface area contributed by atoms with Gasteiger partial charge in [-0.3, -0.25) is 9.59 Å². The maximum absolute atomic E-state index is 15.4. The van der Waals surface area contributed by atoms with Gasteiger partial charge < -0.3 is 18.8 Å². The molecule has 0 unspecified atom stereocenters. The van der Waals surface area contributed by atoms with Gasteiger partial charge in [-0.25, -0.2) is 8.78 Å². The number of halogens is 2. The highest BCUT2D eigenvalue weighted by molar-refractivity contribution is 5.91. The number of aryl methyl sites for hydroxylation is 3. The highest BCUT2D eigenvalue weighted by Gasteiger charge is 2.20. The molecular formula is C38H41F2NO5. The van der Waals surface area contributed by atoms with Gasteiger partial charge in [-0.05, 0) is 112 Å². The zero-order valence-electron chi connectivity index (χ0n) is 27.0. The number of carbonyl (C=O) groups is 2. The maximum atomic E-state index is 15.4. The molecule has 3 aromatic carbocycles. The largest absolute Gasteiger partial charge is 0.494 e. The smallest absolute Gasteiger partial charge is 0.305 e. The Hall–Kier alpha value is -4.64. The Labute approximate surface area is 269 Å². The van der Waals surface area contributed by atoms with E-state index in [0.717, 1.165) is 47.4 Å². The first-order valence-corrected chi connectivity index (χ1v) is 15.7. The van der Waals surface area contributed by atoms with Crippen LogP contribution in [0.4, 0.5) is 8.78 Å². The van der Waals surface area contributed by atoms with Crippen molar-refractivity contribution in [2.45, 2.75) is 71.8 Å². The van der Waals surface area contributed by atoms with Gasteiger partial charge in [0.2, 0.25) is 0 Å². The Balaban J connectivity index is 1.48. The predicted molar refractivity (Wildman–Crippen MR) is 175 cm³/mol. The number of carbonyl (C=O) groups excluding carboxylic acids is 2. The van der Waals surface area contributed by atoms with Crippen molar-refractivity contribution in [1.29, 1.82) is 0 Å². The average molecular weight is 630 g/mol. The number of benzene rings is 3. The first-order valence-electron chi connectivity index (χ1n) is 15.7. The van der Waals surface area contributed by atoms with Gasteiger partial charge in [0, 0.05) is 41.6 Å². The van der Waals surface area contributed by atoms with Crippen LogP contribution in [0, 0.1) is 37.3 Å². The van der Waals surface area contributed by atoms with Crippen molar-refractivity contribution in [3.05, 3.63) is 99.7 Å². The van der Waals surface area contributed by atoms with E-state index in [1.54, 1.807) is 12.1 Å². The Morgan fingerprint density at radius 3 is 2.22 bits per heavy atom. The summed E-state index contributed by atoms with van der Waals surface area (Å²) in [5.74, 6) is 6.05. The first kappa shape index (κ1) is 34.2. The SMILES string of the molecule is COC(=O)CCCc1c(C)n(CCCC(=O)OC)c2c(C#Cc3ccc(OCCCCc4cccc(F)c4C)cc3)ccc(F)c12. The molecule has 0 amide bonds. The lowest BCUT2D eigenvalue weighted by Crippen LogP contribution is -2.06. The topological polar surface area (TPSA) is 66.8 Å². The van der Waals surface area contributed by atoms with Gasteiger partial charge in [0.05, 0.1) is 26.3 Å². The third kappa shape index (κ3) is 8.75. The molecular weight excluding hydrogens is 588 g/mol. The van der Waals surface area contributed by atoms with Crippen LogP contribution < -0.4 is 4.74 Å². The highest BCUT2D eigenvalue weighted by atomic mass is 19.1. The molecule has 0 aliphatic heterocycles. The zero-order chi connectivity index (χ0) is 33.1. The van der Waals surface area contributed by atoms with Crippen LogP contribution in [0.3, 0.4) is 0 Å². The molecule has 0 saturated carbocycles. The van der Waals surface area contributed by atoms with Gasteiger partial charge >= 0.3 is 11.9 Å². The van der Waals surface area contributed by atoms with E-state index in [0.29, 0.717) is 54.4 Å². The normalized spacial score (nSPS) is 10.8. The van der Waals surface area contributed by atoms with Gasteiger partial charge in [-0.1, -0.05) is 24.0 Å². The molecule has 46 heavy (non-hydrogen) atoms. The summed E-state index contributed by atoms with van der Waals surface area (Å²) in [5, 5.41) is 0.489. The van der Waals surface area contributed by atoms with Crippen LogP contribution in [0.25, 0.3) is 10.9 Å². The van der Waals surface area contributed by atoms with Crippen LogP contribution in [0.1, 0.15) is 72.0 Å². The van der Waals surface area contributed by atoms with Crippen LogP contribution in [0.5, 0.6) is 5.75 Å². The molecule has 0 atom stereocenters. The second-order valence-electron chi connectivity index (χ2n) is 11.2. The van der Waals surface area contributed by atoms with Gasteiger partial charge in [-0.2, -0.15) is 0 Å². The van der Waals surface area contributed by atoms with Crippen molar-refractivity contribution in [1.82, 2.24) is 4.57 Å².